The van der Waals surface area contributed by atoms with Crippen molar-refractivity contribution < 1.29 is 14.7 Å². The Balaban J connectivity index is 1.41. The van der Waals surface area contributed by atoms with Gasteiger partial charge in [0.05, 0.1) is 40.1 Å². The van der Waals surface area contributed by atoms with Crippen LogP contribution in [0.5, 0.6) is 0 Å². The summed E-state index contributed by atoms with van der Waals surface area (Å²) < 4.78 is 11.4. The van der Waals surface area contributed by atoms with E-state index in [2.05, 4.69) is 49.2 Å². The summed E-state index contributed by atoms with van der Waals surface area (Å²) in [7, 11) is 3.83. The molecule has 2 aromatic carbocycles. The highest BCUT2D eigenvalue weighted by molar-refractivity contribution is 5.94. The molecule has 0 bridgehead atoms. The lowest BCUT2D eigenvalue weighted by molar-refractivity contribution is 0.0977. The largest absolute Gasteiger partial charge is 0.392 e. The van der Waals surface area contributed by atoms with Crippen LogP contribution in [0.1, 0.15) is 90.5 Å². The Morgan fingerprint density at radius 1 is 0.720 bits per heavy atom. The fraction of sp³-hybridized carbons (Fsp3) is 0.405. The van der Waals surface area contributed by atoms with Crippen LogP contribution in [0.25, 0.3) is 22.1 Å². The average molecular weight is 679 g/mol. The zero-order valence-corrected chi connectivity index (χ0v) is 30.1. The second-order valence-electron chi connectivity index (χ2n) is 13.0. The molecule has 0 fully saturated rings. The number of aromatic nitrogens is 8. The number of aliphatic hydroxyl groups excluding tert-OH is 1. The zero-order valence-electron chi connectivity index (χ0n) is 30.1. The van der Waals surface area contributed by atoms with Gasteiger partial charge >= 0.3 is 0 Å². The Bertz CT molecular complexity index is 2380. The third-order valence-electron chi connectivity index (χ3n) is 9.53. The Labute approximate surface area is 290 Å². The number of rotatable bonds is 10. The minimum absolute atomic E-state index is 0.0512. The topological polar surface area (TPSA) is 134 Å². The minimum atomic E-state index is -0.375. The Morgan fingerprint density at radius 3 is 1.74 bits per heavy atom. The molecule has 50 heavy (non-hydrogen) atoms. The quantitative estimate of drug-likeness (QED) is 0.220. The molecule has 1 N–H and O–H groups in total. The summed E-state index contributed by atoms with van der Waals surface area (Å²) in [5, 5.41) is 19.3. The number of benzene rings is 2. The van der Waals surface area contributed by atoms with E-state index in [-0.39, 0.29) is 30.5 Å². The van der Waals surface area contributed by atoms with Crippen LogP contribution in [0.15, 0.2) is 64.6 Å². The second-order valence-corrected chi connectivity index (χ2v) is 13.0. The lowest BCUT2D eigenvalue weighted by Crippen LogP contribution is -2.30. The average Bonchev–Trinajstić information content (AvgIpc) is 3.84. The molecule has 0 unspecified atom stereocenters. The number of para-hydroxylation sites is 3. The molecule has 0 saturated heterocycles. The maximum absolute atomic E-state index is 13.7. The van der Waals surface area contributed by atoms with E-state index in [1.165, 1.54) is 0 Å². The normalized spacial score (nSPS) is 13.9. The van der Waals surface area contributed by atoms with E-state index in [9.17, 15) is 14.7 Å². The number of carbonyl (C=O) groups is 2. The highest BCUT2D eigenvalue weighted by atomic mass is 16.3. The number of imidazole rings is 2. The number of nitrogens with zero attached hydrogens (tertiary/aromatic N) is 10. The molecular formula is C37H46N10O3. The predicted molar refractivity (Wildman–Crippen MR) is 191 cm³/mol. The molecule has 0 aliphatic carbocycles. The van der Waals surface area contributed by atoms with E-state index < -0.39 is 0 Å². The molecule has 2 atom stereocenters. The number of aliphatic hydroxyl groups is 1. The van der Waals surface area contributed by atoms with Crippen LogP contribution in [0.4, 0.5) is 0 Å². The molecule has 4 aromatic heterocycles. The van der Waals surface area contributed by atoms with Crippen molar-refractivity contribution in [1.29, 1.82) is 0 Å². The predicted octanol–water partition coefficient (Wildman–Crippen LogP) is 4.90. The van der Waals surface area contributed by atoms with Crippen LogP contribution in [-0.4, -0.2) is 54.8 Å². The number of hydrogen-bond acceptors (Lipinski definition) is 5. The van der Waals surface area contributed by atoms with E-state index in [0.717, 1.165) is 45.4 Å². The maximum Gasteiger partial charge on any atom is 0.298 e. The van der Waals surface area contributed by atoms with Gasteiger partial charge in [0.1, 0.15) is 11.4 Å². The standard InChI is InChI=1S/C37H46N10O3/c1-9-44-31(20-23(3)40-44)34(49)38-36-42(7)28-15-11-12-16-29(28)46(36)25(5)18-19-26(6)47-33-27(22-48)14-13-17-30(33)43(8)37(47)39-35(50)32-21-24(4)41-45(32)10-2/h11-17,20-21,25-26,48H,9-10,18-19,22H2,1-8H3/b38-36+,39-37+/t25-,26+/m0/s1. The van der Waals surface area contributed by atoms with Crippen molar-refractivity contribution in [3.05, 3.63) is 94.2 Å². The first-order chi connectivity index (χ1) is 24.0. The molecule has 0 saturated carbocycles. The molecule has 2 amide bonds. The molecular weight excluding hydrogens is 632 g/mol. The molecule has 0 spiro atoms. The van der Waals surface area contributed by atoms with Crippen LogP contribution < -0.4 is 11.2 Å². The Kier molecular flexibility index (Phi) is 9.61. The van der Waals surface area contributed by atoms with Gasteiger partial charge in [-0.2, -0.15) is 20.2 Å². The van der Waals surface area contributed by atoms with Crippen molar-refractivity contribution in [2.45, 2.75) is 86.2 Å². The summed E-state index contributed by atoms with van der Waals surface area (Å²) in [4.78, 5) is 36.6. The third-order valence-corrected chi connectivity index (χ3v) is 9.53. The van der Waals surface area contributed by atoms with Crippen LogP contribution >= 0.6 is 0 Å². The first-order valence-electron chi connectivity index (χ1n) is 17.2. The zero-order chi connectivity index (χ0) is 35.9. The Hall–Kier alpha value is -5.30. The van der Waals surface area contributed by atoms with Gasteiger partial charge in [0.2, 0.25) is 11.2 Å². The van der Waals surface area contributed by atoms with E-state index in [4.69, 9.17) is 0 Å². The van der Waals surface area contributed by atoms with Crippen LogP contribution in [0.3, 0.4) is 0 Å². The molecule has 0 aliphatic heterocycles. The number of aryl methyl sites for hydroxylation is 6. The SMILES string of the molecule is CCn1nc(C)cc1C(=O)/N=c1\n(C)c2cccc(CO)c2n1[C@H](C)CC[C@H](C)n1/c(=N/C(=O)c2cc(C)nn2CC)n(C)c2ccccc21. The molecule has 13 nitrogen and oxygen atoms in total. The highest BCUT2D eigenvalue weighted by Crippen LogP contribution is 2.27. The summed E-state index contributed by atoms with van der Waals surface area (Å²) in [5.41, 5.74) is 7.88. The fourth-order valence-corrected chi connectivity index (χ4v) is 7.02. The lowest BCUT2D eigenvalue weighted by Gasteiger charge is -2.20. The van der Waals surface area contributed by atoms with E-state index in [1.54, 1.807) is 21.5 Å². The van der Waals surface area contributed by atoms with Crippen molar-refractivity contribution in [1.82, 2.24) is 37.8 Å². The molecule has 0 radical (unpaired) electrons. The highest BCUT2D eigenvalue weighted by Gasteiger charge is 2.23. The van der Waals surface area contributed by atoms with Gasteiger partial charge in [-0.3, -0.25) is 19.0 Å². The lowest BCUT2D eigenvalue weighted by atomic mass is 10.1. The van der Waals surface area contributed by atoms with Crippen molar-refractivity contribution in [2.24, 2.45) is 24.1 Å². The maximum atomic E-state index is 13.7. The van der Waals surface area contributed by atoms with Crippen LogP contribution in [0.2, 0.25) is 0 Å². The number of carbonyl (C=O) groups excluding carboxylic acids is 2. The van der Waals surface area contributed by atoms with Gasteiger partial charge in [0.15, 0.2) is 0 Å². The molecule has 262 valence electrons. The molecule has 0 aliphatic rings. The van der Waals surface area contributed by atoms with Crippen LogP contribution in [-0.2, 0) is 33.8 Å². The van der Waals surface area contributed by atoms with Crippen molar-refractivity contribution >= 4 is 33.9 Å². The van der Waals surface area contributed by atoms with Gasteiger partial charge in [-0.1, -0.05) is 24.3 Å². The third kappa shape index (κ3) is 6.06. The number of amides is 2. The molecule has 6 rings (SSSR count). The van der Waals surface area contributed by atoms with Crippen molar-refractivity contribution in [3.63, 3.8) is 0 Å². The summed E-state index contributed by atoms with van der Waals surface area (Å²) in [6, 6.07) is 17.2. The van der Waals surface area contributed by atoms with Crippen LogP contribution in [0, 0.1) is 13.8 Å². The number of fused-ring (bicyclic) bond motifs is 2. The van der Waals surface area contributed by atoms with Gasteiger partial charge in [0, 0.05) is 44.8 Å². The van der Waals surface area contributed by atoms with Gasteiger partial charge in [-0.25, -0.2) is 0 Å². The van der Waals surface area contributed by atoms with Crippen molar-refractivity contribution in [3.8, 4) is 0 Å². The van der Waals surface area contributed by atoms with E-state index >= 15 is 0 Å². The summed E-state index contributed by atoms with van der Waals surface area (Å²) in [5.74, 6) is -0.717. The van der Waals surface area contributed by atoms with Crippen molar-refractivity contribution in [2.75, 3.05) is 0 Å². The number of hydrogen-bond donors (Lipinski definition) is 1. The Morgan fingerprint density at radius 2 is 1.20 bits per heavy atom. The van der Waals surface area contributed by atoms with Gasteiger partial charge in [-0.05, 0) is 84.7 Å². The summed E-state index contributed by atoms with van der Waals surface area (Å²) >= 11 is 0. The molecule has 4 heterocycles. The van der Waals surface area contributed by atoms with E-state index in [0.29, 0.717) is 42.1 Å². The monoisotopic (exact) mass is 678 g/mol. The smallest absolute Gasteiger partial charge is 0.298 e. The minimum Gasteiger partial charge on any atom is -0.392 e. The molecule has 13 heteroatoms. The second kappa shape index (κ2) is 13.9. The fourth-order valence-electron chi connectivity index (χ4n) is 7.02. The summed E-state index contributed by atoms with van der Waals surface area (Å²) in [6.45, 7) is 12.9. The van der Waals surface area contributed by atoms with Gasteiger partial charge < -0.3 is 23.4 Å². The van der Waals surface area contributed by atoms with Gasteiger partial charge in [-0.15, -0.1) is 0 Å². The first kappa shape index (κ1) is 34.6. The summed E-state index contributed by atoms with van der Waals surface area (Å²) in [6.07, 6.45) is 1.43. The van der Waals surface area contributed by atoms with Gasteiger partial charge in [0.25, 0.3) is 11.8 Å². The molecule has 6 aromatic rings. The van der Waals surface area contributed by atoms with E-state index in [1.807, 2.05) is 87.3 Å². The first-order valence-corrected chi connectivity index (χ1v) is 17.2.